The lowest BCUT2D eigenvalue weighted by molar-refractivity contribution is -0.178. The smallest absolute Gasteiger partial charge is 0.196 e. The average molecular weight is 493 g/mol. The number of aliphatic hydroxyl groups is 3. The van der Waals surface area contributed by atoms with Crippen molar-refractivity contribution in [2.24, 2.45) is 0 Å². The molecule has 0 saturated carbocycles. The zero-order chi connectivity index (χ0) is 21.4. The van der Waals surface area contributed by atoms with Crippen molar-refractivity contribution < 1.29 is 24.4 Å². The van der Waals surface area contributed by atoms with Gasteiger partial charge in [-0.05, 0) is 18.2 Å². The van der Waals surface area contributed by atoms with E-state index in [9.17, 15) is 19.7 Å². The Morgan fingerprint density at radius 3 is 2.70 bits per heavy atom. The Morgan fingerprint density at radius 2 is 2.03 bits per heavy atom. The summed E-state index contributed by atoms with van der Waals surface area (Å²) >= 11 is 14.0. The molecule has 1 aliphatic rings. The lowest BCUT2D eigenvalue weighted by Gasteiger charge is -2.41. The standard InChI is InChI=1S/C17H15Cl2FN4O4S2/c18-8-2-1-7(3-9(8)19)29-17-15(27)13(14(26)11(6-25)28-17)24-5-10(22-23-24)16-21-4-12(20)30-16/h1-5,11,13-15,17,25-27H,6H2. The largest absolute Gasteiger partial charge is 0.394 e. The van der Waals surface area contributed by atoms with E-state index < -0.39 is 41.5 Å². The summed E-state index contributed by atoms with van der Waals surface area (Å²) in [5.41, 5.74) is -0.554. The Labute approximate surface area is 188 Å². The number of benzene rings is 1. The Kier molecular flexibility index (Phi) is 6.61. The fraction of sp³-hybridized carbons (Fsp3) is 0.353. The second kappa shape index (κ2) is 9.05. The minimum atomic E-state index is -1.27. The maximum Gasteiger partial charge on any atom is 0.196 e. The molecule has 3 N–H and O–H groups in total. The van der Waals surface area contributed by atoms with Crippen LogP contribution in [0.3, 0.4) is 0 Å². The SMILES string of the molecule is OCC1OC(Sc2ccc(Cl)c(Cl)c2)C(O)C(n2cc(-c3ncc(F)s3)nn2)C1O. The third-order valence-corrected chi connectivity index (χ3v) is 7.20. The van der Waals surface area contributed by atoms with Crippen LogP contribution in [0.5, 0.6) is 0 Å². The van der Waals surface area contributed by atoms with E-state index in [1.807, 2.05) is 0 Å². The Bertz CT molecular complexity index is 1040. The van der Waals surface area contributed by atoms with E-state index >= 15 is 0 Å². The summed E-state index contributed by atoms with van der Waals surface area (Å²) in [6.07, 6.45) is -0.925. The highest BCUT2D eigenvalue weighted by atomic mass is 35.5. The highest BCUT2D eigenvalue weighted by Crippen LogP contribution is 2.39. The molecule has 0 amide bonds. The number of rotatable bonds is 5. The third-order valence-electron chi connectivity index (χ3n) is 4.50. The van der Waals surface area contributed by atoms with Gasteiger partial charge in [-0.3, -0.25) is 0 Å². The fourth-order valence-electron chi connectivity index (χ4n) is 3.06. The number of thiazole rings is 1. The quantitative estimate of drug-likeness (QED) is 0.497. The first-order valence-electron chi connectivity index (χ1n) is 8.65. The molecule has 0 spiro atoms. The van der Waals surface area contributed by atoms with Gasteiger partial charge in [0.05, 0.1) is 29.0 Å². The minimum Gasteiger partial charge on any atom is -0.394 e. The highest BCUT2D eigenvalue weighted by Gasteiger charge is 2.46. The van der Waals surface area contributed by atoms with Crippen LogP contribution in [0.2, 0.25) is 10.0 Å². The number of ether oxygens (including phenoxy) is 1. The van der Waals surface area contributed by atoms with Gasteiger partial charge in [-0.15, -0.1) is 5.10 Å². The zero-order valence-corrected chi connectivity index (χ0v) is 18.1. The van der Waals surface area contributed by atoms with Crippen LogP contribution in [-0.2, 0) is 4.74 Å². The molecule has 160 valence electrons. The van der Waals surface area contributed by atoms with Crippen molar-refractivity contribution in [3.63, 3.8) is 0 Å². The van der Waals surface area contributed by atoms with Gasteiger partial charge in [0, 0.05) is 4.90 Å². The number of hydrogen-bond acceptors (Lipinski definition) is 9. The van der Waals surface area contributed by atoms with Gasteiger partial charge in [0.15, 0.2) is 5.13 Å². The zero-order valence-electron chi connectivity index (χ0n) is 15.0. The van der Waals surface area contributed by atoms with Gasteiger partial charge >= 0.3 is 0 Å². The summed E-state index contributed by atoms with van der Waals surface area (Å²) in [6, 6.07) is 3.99. The van der Waals surface area contributed by atoms with Crippen molar-refractivity contribution in [1.82, 2.24) is 20.0 Å². The highest BCUT2D eigenvalue weighted by molar-refractivity contribution is 7.99. The van der Waals surface area contributed by atoms with Crippen LogP contribution in [0.25, 0.3) is 10.7 Å². The Morgan fingerprint density at radius 1 is 1.23 bits per heavy atom. The predicted molar refractivity (Wildman–Crippen MR) is 110 cm³/mol. The van der Waals surface area contributed by atoms with E-state index in [1.165, 1.54) is 10.9 Å². The van der Waals surface area contributed by atoms with Gasteiger partial charge < -0.3 is 20.1 Å². The summed E-state index contributed by atoms with van der Waals surface area (Å²) < 4.78 is 20.2. The predicted octanol–water partition coefficient (Wildman–Crippen LogP) is 2.62. The molecule has 1 aliphatic heterocycles. The topological polar surface area (TPSA) is 114 Å². The number of hydrogen-bond donors (Lipinski definition) is 3. The molecule has 1 fully saturated rings. The summed E-state index contributed by atoms with van der Waals surface area (Å²) in [6.45, 7) is -0.470. The van der Waals surface area contributed by atoms with Crippen molar-refractivity contribution in [2.45, 2.75) is 34.7 Å². The van der Waals surface area contributed by atoms with Crippen LogP contribution in [0.1, 0.15) is 6.04 Å². The van der Waals surface area contributed by atoms with Gasteiger partial charge in [-0.1, -0.05) is 51.5 Å². The van der Waals surface area contributed by atoms with E-state index in [2.05, 4.69) is 15.3 Å². The number of halogens is 3. The van der Waals surface area contributed by atoms with Crippen molar-refractivity contribution >= 4 is 46.3 Å². The summed E-state index contributed by atoms with van der Waals surface area (Å²) in [7, 11) is 0. The van der Waals surface area contributed by atoms with Gasteiger partial charge in [0.25, 0.3) is 0 Å². The van der Waals surface area contributed by atoms with Crippen LogP contribution in [0.15, 0.2) is 35.5 Å². The molecule has 3 heterocycles. The monoisotopic (exact) mass is 492 g/mol. The summed E-state index contributed by atoms with van der Waals surface area (Å²) in [5, 5.41) is 39.7. The first-order valence-corrected chi connectivity index (χ1v) is 11.1. The van der Waals surface area contributed by atoms with Crippen molar-refractivity contribution in [3.05, 3.63) is 45.8 Å². The van der Waals surface area contributed by atoms with Gasteiger partial charge in [0.1, 0.15) is 40.5 Å². The molecular formula is C17H15Cl2FN4O4S2. The minimum absolute atomic E-state index is 0.295. The number of aromatic nitrogens is 4. The first kappa shape index (κ1) is 21.9. The van der Waals surface area contributed by atoms with Crippen LogP contribution in [0, 0.1) is 5.13 Å². The molecule has 0 bridgehead atoms. The molecule has 8 nitrogen and oxygen atoms in total. The normalized spacial score (nSPS) is 26.8. The van der Waals surface area contributed by atoms with E-state index in [0.717, 1.165) is 29.3 Å². The number of aliphatic hydroxyl groups excluding tert-OH is 3. The maximum atomic E-state index is 13.3. The molecule has 1 aromatic carbocycles. The van der Waals surface area contributed by atoms with E-state index in [0.29, 0.717) is 25.6 Å². The molecule has 4 rings (SSSR count). The van der Waals surface area contributed by atoms with Gasteiger partial charge in [-0.25, -0.2) is 9.67 Å². The van der Waals surface area contributed by atoms with Crippen LogP contribution in [-0.4, -0.2) is 65.7 Å². The molecule has 1 saturated heterocycles. The lowest BCUT2D eigenvalue weighted by Crippen LogP contribution is -2.55. The molecule has 13 heteroatoms. The Hall–Kier alpha value is -1.31. The fourth-order valence-corrected chi connectivity index (χ4v) is 5.11. The van der Waals surface area contributed by atoms with Gasteiger partial charge in [-0.2, -0.15) is 4.39 Å². The van der Waals surface area contributed by atoms with Crippen LogP contribution in [0.4, 0.5) is 4.39 Å². The van der Waals surface area contributed by atoms with Crippen molar-refractivity contribution in [1.29, 1.82) is 0 Å². The maximum absolute atomic E-state index is 13.3. The van der Waals surface area contributed by atoms with E-state index in [4.69, 9.17) is 27.9 Å². The molecule has 5 atom stereocenters. The second-order valence-corrected chi connectivity index (χ2v) is 9.41. The van der Waals surface area contributed by atoms with Crippen LogP contribution < -0.4 is 0 Å². The summed E-state index contributed by atoms with van der Waals surface area (Å²) in [4.78, 5) is 4.59. The van der Waals surface area contributed by atoms with Crippen LogP contribution >= 0.6 is 46.3 Å². The van der Waals surface area contributed by atoms with Crippen molar-refractivity contribution in [3.8, 4) is 10.7 Å². The van der Waals surface area contributed by atoms with E-state index in [1.54, 1.807) is 18.2 Å². The average Bonchev–Trinajstić information content (AvgIpc) is 3.36. The molecule has 30 heavy (non-hydrogen) atoms. The third kappa shape index (κ3) is 4.34. The lowest BCUT2D eigenvalue weighted by atomic mass is 9.97. The van der Waals surface area contributed by atoms with Gasteiger partial charge in [0.2, 0.25) is 0 Å². The summed E-state index contributed by atoms with van der Waals surface area (Å²) in [5.74, 6) is 0. The van der Waals surface area contributed by atoms with E-state index in [-0.39, 0.29) is 0 Å². The number of nitrogens with zero attached hydrogens (tertiary/aromatic N) is 4. The molecule has 3 aromatic rings. The molecule has 0 aliphatic carbocycles. The first-order chi connectivity index (χ1) is 14.4. The Balaban J connectivity index is 1.61. The molecule has 5 unspecified atom stereocenters. The molecular weight excluding hydrogens is 478 g/mol. The molecule has 2 aromatic heterocycles. The number of thioether (sulfide) groups is 1. The second-order valence-electron chi connectivity index (χ2n) is 6.44. The van der Waals surface area contributed by atoms with Crippen molar-refractivity contribution in [2.75, 3.05) is 6.61 Å². The molecule has 0 radical (unpaired) electrons.